The van der Waals surface area contributed by atoms with Gasteiger partial charge in [0.25, 0.3) is 0 Å². The fraction of sp³-hybridized carbons (Fsp3) is 0.889. The van der Waals surface area contributed by atoms with Crippen LogP contribution in [0.1, 0.15) is 45.4 Å². The standard InChI is InChI=1S/C18H33N3O2/c1-3-17(22)4-5-18(23)21-10-7-16(8-11-21)6-9-20-14-12-19(2)13-15-20/h16H,3-15H2,1-2H3. The zero-order valence-corrected chi connectivity index (χ0v) is 14.9. The SMILES string of the molecule is CCC(=O)CCC(=O)N1CCC(CCN2CCN(C)CC2)CC1. The Balaban J connectivity index is 1.60. The van der Waals surface area contributed by atoms with E-state index in [0.717, 1.165) is 31.8 Å². The van der Waals surface area contributed by atoms with E-state index in [9.17, 15) is 9.59 Å². The number of piperidine rings is 1. The van der Waals surface area contributed by atoms with E-state index in [1.807, 2.05) is 11.8 Å². The normalized spacial score (nSPS) is 21.6. The van der Waals surface area contributed by atoms with E-state index < -0.39 is 0 Å². The van der Waals surface area contributed by atoms with Crippen LogP contribution in [0.4, 0.5) is 0 Å². The van der Waals surface area contributed by atoms with Gasteiger partial charge in [-0.25, -0.2) is 0 Å². The van der Waals surface area contributed by atoms with Crippen molar-refractivity contribution in [1.82, 2.24) is 14.7 Å². The van der Waals surface area contributed by atoms with E-state index in [2.05, 4.69) is 16.8 Å². The molecule has 0 atom stereocenters. The molecule has 2 saturated heterocycles. The fourth-order valence-electron chi connectivity index (χ4n) is 3.49. The first kappa shape index (κ1) is 18.4. The van der Waals surface area contributed by atoms with Crippen molar-refractivity contribution in [2.75, 3.05) is 52.9 Å². The van der Waals surface area contributed by atoms with Crippen molar-refractivity contribution in [3.63, 3.8) is 0 Å². The van der Waals surface area contributed by atoms with Crippen molar-refractivity contribution in [3.8, 4) is 0 Å². The third-order valence-electron chi connectivity index (χ3n) is 5.43. The van der Waals surface area contributed by atoms with Gasteiger partial charge in [-0.15, -0.1) is 0 Å². The number of piperazine rings is 1. The molecule has 0 aromatic rings. The third kappa shape index (κ3) is 6.22. The number of amides is 1. The molecule has 2 aliphatic rings. The van der Waals surface area contributed by atoms with Crippen LogP contribution in [-0.2, 0) is 9.59 Å². The second-order valence-corrected chi connectivity index (χ2v) is 7.15. The summed E-state index contributed by atoms with van der Waals surface area (Å²) in [4.78, 5) is 30.4. The second-order valence-electron chi connectivity index (χ2n) is 7.15. The van der Waals surface area contributed by atoms with Gasteiger partial charge in [-0.3, -0.25) is 9.59 Å². The predicted molar refractivity (Wildman–Crippen MR) is 92.4 cm³/mol. The molecule has 2 heterocycles. The first-order valence-electron chi connectivity index (χ1n) is 9.29. The number of nitrogens with zero attached hydrogens (tertiary/aromatic N) is 3. The molecule has 1 amide bonds. The fourth-order valence-corrected chi connectivity index (χ4v) is 3.49. The number of carbonyl (C=O) groups excluding carboxylic acids is 2. The lowest BCUT2D eigenvalue weighted by Gasteiger charge is -2.35. The average Bonchev–Trinajstić information content (AvgIpc) is 2.59. The van der Waals surface area contributed by atoms with E-state index in [1.54, 1.807) is 0 Å². The number of rotatable bonds is 7. The van der Waals surface area contributed by atoms with Crippen molar-refractivity contribution in [2.45, 2.75) is 45.4 Å². The molecule has 0 unspecified atom stereocenters. The number of Topliss-reactive ketones (excluding diaryl/α,β-unsaturated/α-hetero) is 1. The molecule has 2 rings (SSSR count). The van der Waals surface area contributed by atoms with Crippen LogP contribution in [0.2, 0.25) is 0 Å². The highest BCUT2D eigenvalue weighted by Gasteiger charge is 2.23. The Hall–Kier alpha value is -0.940. The van der Waals surface area contributed by atoms with Crippen LogP contribution in [0.15, 0.2) is 0 Å². The Bertz CT molecular complexity index is 384. The Morgan fingerprint density at radius 3 is 2.22 bits per heavy atom. The number of hydrogen-bond donors (Lipinski definition) is 0. The summed E-state index contributed by atoms with van der Waals surface area (Å²) in [5.74, 6) is 1.13. The van der Waals surface area contributed by atoms with Gasteiger partial charge in [0.2, 0.25) is 5.91 Å². The van der Waals surface area contributed by atoms with Crippen molar-refractivity contribution in [2.24, 2.45) is 5.92 Å². The second kappa shape index (κ2) is 9.38. The largest absolute Gasteiger partial charge is 0.343 e. The molecule has 0 N–H and O–H groups in total. The number of carbonyl (C=O) groups is 2. The number of ketones is 1. The van der Waals surface area contributed by atoms with Crippen LogP contribution < -0.4 is 0 Å². The Labute approximate surface area is 141 Å². The molecule has 0 spiro atoms. The zero-order chi connectivity index (χ0) is 16.7. The van der Waals surface area contributed by atoms with Crippen LogP contribution >= 0.6 is 0 Å². The third-order valence-corrected chi connectivity index (χ3v) is 5.43. The van der Waals surface area contributed by atoms with Gasteiger partial charge in [0.15, 0.2) is 0 Å². The molecule has 5 heteroatoms. The maximum atomic E-state index is 12.1. The van der Waals surface area contributed by atoms with Crippen molar-refractivity contribution in [3.05, 3.63) is 0 Å². The lowest BCUT2D eigenvalue weighted by molar-refractivity contribution is -0.134. The Morgan fingerprint density at radius 2 is 1.61 bits per heavy atom. The van der Waals surface area contributed by atoms with Gasteiger partial charge in [-0.1, -0.05) is 6.92 Å². The van der Waals surface area contributed by atoms with Crippen LogP contribution in [0, 0.1) is 5.92 Å². The number of likely N-dealkylation sites (N-methyl/N-ethyl adjacent to an activating group) is 1. The van der Waals surface area contributed by atoms with Gasteiger partial charge >= 0.3 is 0 Å². The van der Waals surface area contributed by atoms with Crippen LogP contribution in [0.5, 0.6) is 0 Å². The van der Waals surface area contributed by atoms with Gasteiger partial charge in [-0.2, -0.15) is 0 Å². The average molecular weight is 323 g/mol. The van der Waals surface area contributed by atoms with Gasteiger partial charge in [0, 0.05) is 58.5 Å². The molecule has 0 aliphatic carbocycles. The van der Waals surface area contributed by atoms with Crippen LogP contribution in [-0.4, -0.2) is 79.3 Å². The summed E-state index contributed by atoms with van der Waals surface area (Å²) in [7, 11) is 2.19. The van der Waals surface area contributed by atoms with E-state index in [0.29, 0.717) is 19.3 Å². The van der Waals surface area contributed by atoms with Crippen LogP contribution in [0.25, 0.3) is 0 Å². The van der Waals surface area contributed by atoms with Gasteiger partial charge in [-0.05, 0) is 38.8 Å². The predicted octanol–water partition coefficient (Wildman–Crippen LogP) is 1.62. The van der Waals surface area contributed by atoms with Crippen LogP contribution in [0.3, 0.4) is 0 Å². The quantitative estimate of drug-likeness (QED) is 0.714. The summed E-state index contributed by atoms with van der Waals surface area (Å²) in [5.41, 5.74) is 0. The first-order valence-corrected chi connectivity index (χ1v) is 9.29. The highest BCUT2D eigenvalue weighted by Crippen LogP contribution is 2.22. The van der Waals surface area contributed by atoms with Gasteiger partial charge in [0.1, 0.15) is 5.78 Å². The molecule has 0 aromatic heterocycles. The summed E-state index contributed by atoms with van der Waals surface area (Å²) in [5, 5.41) is 0. The van der Waals surface area contributed by atoms with Crippen molar-refractivity contribution in [1.29, 1.82) is 0 Å². The zero-order valence-electron chi connectivity index (χ0n) is 14.9. The molecule has 2 aliphatic heterocycles. The van der Waals surface area contributed by atoms with Gasteiger partial charge < -0.3 is 14.7 Å². The summed E-state index contributed by atoms with van der Waals surface area (Å²) in [6.07, 6.45) is 4.88. The smallest absolute Gasteiger partial charge is 0.223 e. The first-order chi connectivity index (χ1) is 11.1. The van der Waals surface area contributed by atoms with Crippen molar-refractivity contribution >= 4 is 11.7 Å². The molecule has 0 aromatic carbocycles. The summed E-state index contributed by atoms with van der Waals surface area (Å²) < 4.78 is 0. The maximum Gasteiger partial charge on any atom is 0.223 e. The number of likely N-dealkylation sites (tertiary alicyclic amines) is 1. The summed E-state index contributed by atoms with van der Waals surface area (Å²) in [6, 6.07) is 0. The minimum Gasteiger partial charge on any atom is -0.343 e. The van der Waals surface area contributed by atoms with E-state index >= 15 is 0 Å². The monoisotopic (exact) mass is 323 g/mol. The summed E-state index contributed by atoms with van der Waals surface area (Å²) >= 11 is 0. The Morgan fingerprint density at radius 1 is 0.957 bits per heavy atom. The molecule has 5 nitrogen and oxygen atoms in total. The minimum atomic E-state index is 0.171. The van der Waals surface area contributed by atoms with Crippen molar-refractivity contribution < 1.29 is 9.59 Å². The maximum absolute atomic E-state index is 12.1. The molecule has 0 radical (unpaired) electrons. The molecule has 23 heavy (non-hydrogen) atoms. The molecular weight excluding hydrogens is 290 g/mol. The molecule has 0 saturated carbocycles. The minimum absolute atomic E-state index is 0.171. The van der Waals surface area contributed by atoms with E-state index in [4.69, 9.17) is 0 Å². The molecule has 0 bridgehead atoms. The molecule has 132 valence electrons. The summed E-state index contributed by atoms with van der Waals surface area (Å²) in [6.45, 7) is 9.58. The highest BCUT2D eigenvalue weighted by molar-refractivity contribution is 5.84. The lowest BCUT2D eigenvalue weighted by Crippen LogP contribution is -2.45. The topological polar surface area (TPSA) is 43.9 Å². The van der Waals surface area contributed by atoms with E-state index in [1.165, 1.54) is 39.1 Å². The Kier molecular flexibility index (Phi) is 7.50. The number of hydrogen-bond acceptors (Lipinski definition) is 4. The van der Waals surface area contributed by atoms with Gasteiger partial charge in [0.05, 0.1) is 0 Å². The molecule has 2 fully saturated rings. The van der Waals surface area contributed by atoms with E-state index in [-0.39, 0.29) is 11.7 Å². The highest BCUT2D eigenvalue weighted by atomic mass is 16.2. The molecular formula is C18H33N3O2. The lowest BCUT2D eigenvalue weighted by atomic mass is 9.93.